The number of fused-ring (bicyclic) bond motifs is 5. The number of ether oxygens (including phenoxy) is 2. The van der Waals surface area contributed by atoms with E-state index in [1.807, 2.05) is 0 Å². The van der Waals surface area contributed by atoms with Crippen LogP contribution in [-0.2, 0) is 32.2 Å². The molecule has 330 valence electrons. The fourth-order valence-electron chi connectivity index (χ4n) is 6.60. The van der Waals surface area contributed by atoms with E-state index in [2.05, 4.69) is 81.2 Å². The van der Waals surface area contributed by atoms with Crippen molar-refractivity contribution >= 4 is 60.1 Å². The van der Waals surface area contributed by atoms with Gasteiger partial charge in [-0.05, 0) is 50.7 Å². The van der Waals surface area contributed by atoms with Crippen LogP contribution in [0.15, 0.2) is 23.8 Å². The van der Waals surface area contributed by atoms with E-state index in [1.165, 1.54) is 50.2 Å². The van der Waals surface area contributed by atoms with Crippen LogP contribution in [0.2, 0.25) is 0 Å². The Morgan fingerprint density at radius 1 is 0.847 bits per heavy atom. The van der Waals surface area contributed by atoms with E-state index in [4.69, 9.17) is 34.5 Å². The molecule has 10 atom stereocenters. The Hall–Kier alpha value is -3.16. The number of imidazole rings is 2. The van der Waals surface area contributed by atoms with Crippen LogP contribution in [-0.4, -0.2) is 152 Å². The van der Waals surface area contributed by atoms with Crippen LogP contribution in [0.25, 0.3) is 22.3 Å². The summed E-state index contributed by atoms with van der Waals surface area (Å²) in [5.74, 6) is -0.761. The zero-order valence-electron chi connectivity index (χ0n) is 33.5. The van der Waals surface area contributed by atoms with Crippen LogP contribution < -0.4 is 17.0 Å². The molecule has 0 radical (unpaired) electrons. The monoisotopic (exact) mass is 894 g/mol. The summed E-state index contributed by atoms with van der Waals surface area (Å²) in [5, 5.41) is 11.0. The van der Waals surface area contributed by atoms with Gasteiger partial charge in [0.2, 0.25) is 5.95 Å². The predicted octanol–water partition coefficient (Wildman–Crippen LogP) is 2.05. The second-order valence-electron chi connectivity index (χ2n) is 13.3. The van der Waals surface area contributed by atoms with E-state index < -0.39 is 81.7 Å². The van der Waals surface area contributed by atoms with Crippen LogP contribution in [0.4, 0.5) is 16.2 Å². The maximum atomic E-state index is 15.9. The van der Waals surface area contributed by atoms with Gasteiger partial charge in [0, 0.05) is 5.75 Å². The molecule has 7 rings (SSSR count). The highest BCUT2D eigenvalue weighted by molar-refractivity contribution is 8.54. The number of hydrogen-bond acceptors (Lipinski definition) is 19. The molecule has 59 heavy (non-hydrogen) atoms. The number of nitrogens with one attached hydrogen (secondary N) is 1. The summed E-state index contributed by atoms with van der Waals surface area (Å²) in [7, 11) is -5.10. The number of phosphoric acid groups is 1. The van der Waals surface area contributed by atoms with Crippen LogP contribution in [0.1, 0.15) is 54.0 Å². The van der Waals surface area contributed by atoms with Gasteiger partial charge in [-0.2, -0.15) is 4.98 Å². The molecule has 3 fully saturated rings. The first-order valence-corrected chi connectivity index (χ1v) is 23.7. The Morgan fingerprint density at radius 2 is 1.42 bits per heavy atom. The smallest absolute Gasteiger partial charge is 0.387 e. The van der Waals surface area contributed by atoms with E-state index in [0.29, 0.717) is 0 Å². The number of aromatic nitrogens is 8. The molecule has 3 aliphatic rings. The highest BCUT2D eigenvalue weighted by Gasteiger charge is 2.54. The van der Waals surface area contributed by atoms with Crippen LogP contribution in [0.5, 0.6) is 0 Å². The molecule has 4 aromatic heterocycles. The van der Waals surface area contributed by atoms with Gasteiger partial charge in [-0.1, -0.05) is 41.5 Å². The van der Waals surface area contributed by atoms with Gasteiger partial charge in [0.05, 0.1) is 25.4 Å². The summed E-state index contributed by atoms with van der Waals surface area (Å²) in [4.78, 5) is 60.6. The summed E-state index contributed by atoms with van der Waals surface area (Å²) in [5.41, 5.74) is 10.8. The van der Waals surface area contributed by atoms with E-state index in [-0.39, 0.29) is 45.5 Å². The third kappa shape index (κ3) is 10.8. The number of aromatic amines is 1. The van der Waals surface area contributed by atoms with E-state index in [1.54, 1.807) is 0 Å². The fraction of sp³-hybridized carbons (Fsp3) is 0.688. The Bertz CT molecular complexity index is 2140. The maximum absolute atomic E-state index is 15.9. The number of halogens is 1. The SMILES string of the molecule is CCN(CC)CC.CCN(CC)CC.Nc1nc2c(ncn2[C@@H]2O[C@@H]3COP(=O)(O)O[C@H]4[C@H](F)[C@H](n5cnc6c(N)ncnc65)O[C@@H]4CSP(=O)(O)O[C@@H]2[C@@H]3O)c(=O)[nH]1. The molecular formula is C32H53FN12O11P2S. The van der Waals surface area contributed by atoms with Crippen molar-refractivity contribution < 1.29 is 51.5 Å². The second kappa shape index (κ2) is 20.1. The van der Waals surface area contributed by atoms with Crippen molar-refractivity contribution in [3.05, 3.63) is 29.3 Å². The molecule has 0 amide bonds. The minimum Gasteiger partial charge on any atom is -0.387 e. The normalized spacial score (nSPS) is 31.2. The summed E-state index contributed by atoms with van der Waals surface area (Å²) in [6.07, 6.45) is -9.72. The van der Waals surface area contributed by atoms with Gasteiger partial charge in [0.25, 0.3) is 5.56 Å². The van der Waals surface area contributed by atoms with E-state index in [9.17, 15) is 28.8 Å². The number of nitrogens with zero attached hydrogens (tertiary/aromatic N) is 9. The van der Waals surface area contributed by atoms with E-state index >= 15 is 4.39 Å². The lowest BCUT2D eigenvalue weighted by molar-refractivity contribution is -0.0528. The lowest BCUT2D eigenvalue weighted by atomic mass is 10.1. The molecule has 0 aromatic carbocycles. The molecule has 8 N–H and O–H groups in total. The van der Waals surface area contributed by atoms with Gasteiger partial charge in [-0.3, -0.25) is 32.5 Å². The lowest BCUT2D eigenvalue weighted by Gasteiger charge is -2.25. The number of aliphatic hydroxyl groups excluding tert-OH is 1. The molecule has 7 heterocycles. The van der Waals surface area contributed by atoms with Crippen molar-refractivity contribution in [3.8, 4) is 0 Å². The third-order valence-electron chi connectivity index (χ3n) is 9.96. The lowest BCUT2D eigenvalue weighted by Crippen LogP contribution is -2.35. The average molecular weight is 895 g/mol. The van der Waals surface area contributed by atoms with Crippen molar-refractivity contribution in [1.29, 1.82) is 0 Å². The molecule has 0 saturated carbocycles. The van der Waals surface area contributed by atoms with Gasteiger partial charge >= 0.3 is 14.6 Å². The first kappa shape index (κ1) is 46.9. The summed E-state index contributed by atoms with van der Waals surface area (Å²) >= 11 is 0.284. The first-order chi connectivity index (χ1) is 28.0. The fourth-order valence-corrected chi connectivity index (χ4v) is 10.2. The number of nitrogen functional groups attached to an aromatic ring is 2. The first-order valence-electron chi connectivity index (χ1n) is 19.1. The largest absolute Gasteiger partial charge is 0.472 e. The van der Waals surface area contributed by atoms with Crippen molar-refractivity contribution in [1.82, 2.24) is 48.8 Å². The quantitative estimate of drug-likeness (QED) is 0.138. The summed E-state index contributed by atoms with van der Waals surface area (Å²) < 4.78 is 72.0. The molecule has 3 aliphatic heterocycles. The minimum absolute atomic E-state index is 0.0141. The highest BCUT2D eigenvalue weighted by Crippen LogP contribution is 2.61. The molecule has 2 bridgehead atoms. The second-order valence-corrected chi connectivity index (χ2v) is 18.6. The van der Waals surface area contributed by atoms with Gasteiger partial charge in [-0.25, -0.2) is 33.5 Å². The predicted molar refractivity (Wildman–Crippen MR) is 216 cm³/mol. The molecule has 0 aliphatic carbocycles. The maximum Gasteiger partial charge on any atom is 0.472 e. The highest BCUT2D eigenvalue weighted by atomic mass is 32.7. The van der Waals surface area contributed by atoms with Crippen LogP contribution in [0, 0.1) is 0 Å². The van der Waals surface area contributed by atoms with Gasteiger partial charge in [0.15, 0.2) is 41.3 Å². The number of alkyl halides is 1. The molecule has 23 nitrogen and oxygen atoms in total. The van der Waals surface area contributed by atoms with Crippen molar-refractivity contribution in [2.75, 3.05) is 63.1 Å². The summed E-state index contributed by atoms with van der Waals surface area (Å²) in [6, 6.07) is 0. The van der Waals surface area contributed by atoms with Crippen molar-refractivity contribution in [3.63, 3.8) is 0 Å². The number of nitrogens with two attached hydrogens (primary N) is 2. The topological polar surface area (TPSA) is 307 Å². The number of hydrogen-bond donors (Lipinski definition) is 6. The van der Waals surface area contributed by atoms with Crippen molar-refractivity contribution in [2.45, 2.75) is 90.7 Å². The molecular weight excluding hydrogens is 841 g/mol. The van der Waals surface area contributed by atoms with Crippen LogP contribution >= 0.6 is 26.0 Å². The number of rotatable bonds is 8. The standard InChI is InChI=1S/C20H23FN10O11P2S.2C6H15N/c21-8-12-7(40-18(8)30-4-26-9-14(22)24-3-25-15(9)30)2-45-44(36,37)42-13-11(32)6(1-38-43(34,35)41-12)39-19(13)31-5-27-10-16(31)28-20(23)29-17(10)33;2*1-4-7(5-2)6-3/h3-8,11-13,18-19,32H,1-2H2,(H,34,35)(H,36,37)(H2,22,24,25)(H3,23,28,29,33);2*4-6H2,1-3H3/t6-,7-,8+,11-,12-,13-,18-,19-;;/m1../s1. The third-order valence-corrected chi connectivity index (χ3v) is 13.9. The van der Waals surface area contributed by atoms with Gasteiger partial charge < -0.3 is 45.6 Å². The number of H-pyrrole nitrogens is 1. The Labute approximate surface area is 342 Å². The Morgan fingerprint density at radius 3 is 2.02 bits per heavy atom. The summed E-state index contributed by atoms with van der Waals surface area (Å²) in [6.45, 7) is 14.7. The zero-order chi connectivity index (χ0) is 43.2. The number of phosphoric ester groups is 1. The van der Waals surface area contributed by atoms with E-state index in [0.717, 1.165) is 17.2 Å². The molecule has 0 spiro atoms. The Balaban J connectivity index is 0.000000407. The molecule has 4 aromatic rings. The molecule has 2 unspecified atom stereocenters. The van der Waals surface area contributed by atoms with Gasteiger partial charge in [0.1, 0.15) is 36.3 Å². The molecule has 3 saturated heterocycles. The minimum atomic E-state index is -5.10. The molecule has 27 heteroatoms. The number of anilines is 2. The van der Waals surface area contributed by atoms with Gasteiger partial charge in [-0.15, -0.1) is 0 Å². The van der Waals surface area contributed by atoms with Crippen molar-refractivity contribution in [2.24, 2.45) is 0 Å². The average Bonchev–Trinajstić information content (AvgIpc) is 3.96. The van der Waals surface area contributed by atoms with Crippen LogP contribution in [0.3, 0.4) is 0 Å². The zero-order valence-corrected chi connectivity index (χ0v) is 36.1. The number of aliphatic hydroxyl groups is 1. The Kier molecular flexibility index (Phi) is 16.0.